The molecule has 1 unspecified atom stereocenters. The molecule has 55 heavy (non-hydrogen) atoms. The first-order chi connectivity index (χ1) is 26.8. The van der Waals surface area contributed by atoms with E-state index in [1.165, 1.54) is 135 Å². The van der Waals surface area contributed by atoms with Crippen molar-refractivity contribution in [2.24, 2.45) is 5.73 Å². The van der Waals surface area contributed by atoms with Gasteiger partial charge in [-0.1, -0.05) is 186 Å². The quantitative estimate of drug-likeness (QED) is 0.0267. The van der Waals surface area contributed by atoms with Crippen molar-refractivity contribution in [2.45, 2.75) is 225 Å². The fourth-order valence-electron chi connectivity index (χ4n) is 6.42. The summed E-state index contributed by atoms with van der Waals surface area (Å²) in [6.07, 6.45) is 45.2. The highest BCUT2D eigenvalue weighted by Gasteiger charge is 2.26. The molecule has 0 aromatic heterocycles. The van der Waals surface area contributed by atoms with Gasteiger partial charge >= 0.3 is 19.8 Å². The van der Waals surface area contributed by atoms with Gasteiger partial charge in [-0.3, -0.25) is 18.6 Å². The van der Waals surface area contributed by atoms with Crippen LogP contribution in [0.2, 0.25) is 0 Å². The second-order valence-corrected chi connectivity index (χ2v) is 16.7. The lowest BCUT2D eigenvalue weighted by Gasteiger charge is -2.19. The zero-order chi connectivity index (χ0) is 40.3. The molecule has 0 heterocycles. The molecular formula is C45H86NO8P. The van der Waals surface area contributed by atoms with Crippen LogP contribution >= 0.6 is 7.82 Å². The number of unbranched alkanes of at least 4 members (excludes halogenated alkanes) is 26. The molecule has 9 nitrogen and oxygen atoms in total. The van der Waals surface area contributed by atoms with Crippen molar-refractivity contribution in [1.29, 1.82) is 0 Å². The van der Waals surface area contributed by atoms with Crippen molar-refractivity contribution >= 4 is 19.8 Å². The van der Waals surface area contributed by atoms with E-state index in [0.717, 1.165) is 44.9 Å². The molecular weight excluding hydrogens is 713 g/mol. The van der Waals surface area contributed by atoms with Crippen molar-refractivity contribution < 1.29 is 37.6 Å². The van der Waals surface area contributed by atoms with E-state index >= 15 is 0 Å². The van der Waals surface area contributed by atoms with Crippen LogP contribution in [0.25, 0.3) is 0 Å². The standard InChI is InChI=1S/C45H86NO8P/c1-3-5-7-9-11-13-15-16-17-18-19-20-21-22-23-24-25-26-28-29-31-33-35-37-44(47)51-41-43(42-53-55(49,50)52-40-39-46)54-45(48)38-36-34-32-30-27-14-12-10-8-6-4-2/h24-25,29,31,43H,3-23,26-28,30,32-42,46H2,1-2H3,(H,49,50)/b25-24+,31-29+/t43-/m0/s1. The maximum absolute atomic E-state index is 12.5. The number of allylic oxidation sites excluding steroid dienone is 4. The Morgan fingerprint density at radius 3 is 1.40 bits per heavy atom. The number of hydrogen-bond donors (Lipinski definition) is 2. The zero-order valence-electron chi connectivity index (χ0n) is 35.7. The molecule has 324 valence electrons. The van der Waals surface area contributed by atoms with Gasteiger partial charge in [-0.2, -0.15) is 0 Å². The number of carbonyl (C=O) groups excluding carboxylic acids is 2. The first-order valence-electron chi connectivity index (χ1n) is 22.8. The molecule has 0 spiro atoms. The molecule has 0 saturated heterocycles. The Kier molecular flexibility index (Phi) is 40.9. The average Bonchev–Trinajstić information content (AvgIpc) is 3.17. The first-order valence-corrected chi connectivity index (χ1v) is 24.3. The number of phosphoric acid groups is 1. The molecule has 0 aromatic carbocycles. The van der Waals surface area contributed by atoms with Crippen molar-refractivity contribution in [3.63, 3.8) is 0 Å². The predicted octanol–water partition coefficient (Wildman–Crippen LogP) is 13.2. The molecule has 0 aliphatic heterocycles. The summed E-state index contributed by atoms with van der Waals surface area (Å²) < 4.78 is 32.7. The highest BCUT2D eigenvalue weighted by molar-refractivity contribution is 7.47. The fourth-order valence-corrected chi connectivity index (χ4v) is 7.19. The molecule has 10 heteroatoms. The molecule has 2 atom stereocenters. The van der Waals surface area contributed by atoms with Crippen LogP contribution in [0.1, 0.15) is 219 Å². The minimum absolute atomic E-state index is 0.0503. The summed E-state index contributed by atoms with van der Waals surface area (Å²) >= 11 is 0. The minimum atomic E-state index is -4.38. The molecule has 0 bridgehead atoms. The molecule has 0 saturated carbocycles. The lowest BCUT2D eigenvalue weighted by atomic mass is 10.0. The number of hydrogen-bond acceptors (Lipinski definition) is 8. The fraction of sp³-hybridized carbons (Fsp3) is 0.867. The number of rotatable bonds is 43. The number of esters is 2. The molecule has 0 fully saturated rings. The van der Waals surface area contributed by atoms with Gasteiger partial charge < -0.3 is 20.1 Å². The van der Waals surface area contributed by atoms with Crippen molar-refractivity contribution in [2.75, 3.05) is 26.4 Å². The number of nitrogens with two attached hydrogens (primary N) is 1. The molecule has 0 rings (SSSR count). The highest BCUT2D eigenvalue weighted by Crippen LogP contribution is 2.43. The Hall–Kier alpha value is -1.51. The van der Waals surface area contributed by atoms with Gasteiger partial charge in [-0.25, -0.2) is 4.57 Å². The van der Waals surface area contributed by atoms with E-state index in [2.05, 4.69) is 38.2 Å². The summed E-state index contributed by atoms with van der Waals surface area (Å²) in [6.45, 7) is 3.70. The van der Waals surface area contributed by atoms with Crippen molar-refractivity contribution in [3.8, 4) is 0 Å². The Morgan fingerprint density at radius 2 is 0.927 bits per heavy atom. The largest absolute Gasteiger partial charge is 0.472 e. The van der Waals surface area contributed by atoms with Gasteiger partial charge in [0, 0.05) is 19.4 Å². The van der Waals surface area contributed by atoms with Crippen molar-refractivity contribution in [3.05, 3.63) is 24.3 Å². The Balaban J connectivity index is 4.07. The van der Waals surface area contributed by atoms with E-state index in [1.54, 1.807) is 0 Å². The van der Waals surface area contributed by atoms with Gasteiger partial charge in [0.15, 0.2) is 6.10 Å². The lowest BCUT2D eigenvalue weighted by Crippen LogP contribution is -2.29. The Bertz CT molecular complexity index is 959. The summed E-state index contributed by atoms with van der Waals surface area (Å²) in [5.74, 6) is -0.871. The third-order valence-electron chi connectivity index (χ3n) is 9.82. The SMILES string of the molecule is CCCCCCCCCCCCCCCC/C=C/CC/C=C/CCCC(=O)OC[C@@H](COP(=O)(O)OCCN)OC(=O)CCCCCCCCCCCCC. The third kappa shape index (κ3) is 41.9. The molecule has 0 aliphatic carbocycles. The number of ether oxygens (including phenoxy) is 2. The van der Waals surface area contributed by atoms with E-state index in [-0.39, 0.29) is 32.6 Å². The summed E-state index contributed by atoms with van der Waals surface area (Å²) in [5, 5.41) is 0. The third-order valence-corrected chi connectivity index (χ3v) is 10.8. The zero-order valence-corrected chi connectivity index (χ0v) is 36.6. The van der Waals surface area contributed by atoms with Crippen LogP contribution in [0, 0.1) is 0 Å². The normalized spacial score (nSPS) is 13.5. The number of carbonyl (C=O) groups is 2. The Morgan fingerprint density at radius 1 is 0.527 bits per heavy atom. The maximum Gasteiger partial charge on any atom is 0.472 e. The summed E-state index contributed by atoms with van der Waals surface area (Å²) in [6, 6.07) is 0. The molecule has 3 N–H and O–H groups in total. The topological polar surface area (TPSA) is 134 Å². The first kappa shape index (κ1) is 53.5. The molecule has 0 radical (unpaired) electrons. The Labute approximate surface area is 338 Å². The maximum atomic E-state index is 12.5. The highest BCUT2D eigenvalue weighted by atomic mass is 31.2. The second kappa shape index (κ2) is 42.1. The monoisotopic (exact) mass is 800 g/mol. The van der Waals surface area contributed by atoms with Crippen LogP contribution < -0.4 is 5.73 Å². The van der Waals surface area contributed by atoms with Crippen LogP contribution in [0.3, 0.4) is 0 Å². The van der Waals surface area contributed by atoms with Crippen LogP contribution in [0.5, 0.6) is 0 Å². The molecule has 0 aromatic rings. The van der Waals surface area contributed by atoms with E-state index in [1.807, 2.05) is 0 Å². The van der Waals surface area contributed by atoms with E-state index in [0.29, 0.717) is 12.8 Å². The smallest absolute Gasteiger partial charge is 0.462 e. The van der Waals surface area contributed by atoms with Crippen molar-refractivity contribution in [1.82, 2.24) is 0 Å². The summed E-state index contributed by atoms with van der Waals surface area (Å²) in [5.41, 5.74) is 5.34. The van der Waals surface area contributed by atoms with E-state index in [4.69, 9.17) is 24.3 Å². The van der Waals surface area contributed by atoms with Gasteiger partial charge in [-0.05, 0) is 44.9 Å². The number of phosphoric ester groups is 1. The van der Waals surface area contributed by atoms with Gasteiger partial charge in [0.25, 0.3) is 0 Å². The van der Waals surface area contributed by atoms with E-state index < -0.39 is 32.5 Å². The van der Waals surface area contributed by atoms with Crippen LogP contribution in [-0.4, -0.2) is 49.3 Å². The summed E-state index contributed by atoms with van der Waals surface area (Å²) in [7, 11) is -4.38. The predicted molar refractivity (Wildman–Crippen MR) is 229 cm³/mol. The molecule has 0 aliphatic rings. The van der Waals surface area contributed by atoms with Crippen LogP contribution in [0.4, 0.5) is 0 Å². The van der Waals surface area contributed by atoms with Crippen LogP contribution in [0.15, 0.2) is 24.3 Å². The van der Waals surface area contributed by atoms with Gasteiger partial charge in [0.1, 0.15) is 6.61 Å². The second-order valence-electron chi connectivity index (χ2n) is 15.3. The lowest BCUT2D eigenvalue weighted by molar-refractivity contribution is -0.161. The average molecular weight is 800 g/mol. The van der Waals surface area contributed by atoms with Gasteiger partial charge in [0.2, 0.25) is 0 Å². The van der Waals surface area contributed by atoms with Gasteiger partial charge in [-0.15, -0.1) is 0 Å². The van der Waals surface area contributed by atoms with Crippen LogP contribution in [-0.2, 0) is 32.7 Å². The van der Waals surface area contributed by atoms with Gasteiger partial charge in [0.05, 0.1) is 13.2 Å². The summed E-state index contributed by atoms with van der Waals surface area (Å²) in [4.78, 5) is 34.8. The molecule has 0 amide bonds. The minimum Gasteiger partial charge on any atom is -0.462 e. The van der Waals surface area contributed by atoms with E-state index in [9.17, 15) is 19.0 Å².